The molecule has 0 unspecified atom stereocenters. The molecule has 1 fully saturated rings. The Morgan fingerprint density at radius 1 is 1.06 bits per heavy atom. The van der Waals surface area contributed by atoms with Crippen molar-refractivity contribution in [3.05, 3.63) is 59.7 Å². The van der Waals surface area contributed by atoms with Crippen LogP contribution >= 0.6 is 0 Å². The summed E-state index contributed by atoms with van der Waals surface area (Å²) in [6.45, 7) is 2.77. The van der Waals surface area contributed by atoms with Crippen LogP contribution < -0.4 is 4.90 Å². The largest absolute Gasteiger partial charge is 0.415 e. The van der Waals surface area contributed by atoms with Gasteiger partial charge in [0.05, 0.1) is 17.8 Å². The molecule has 0 radical (unpaired) electrons. The maximum absolute atomic E-state index is 13.7. The fourth-order valence-corrected chi connectivity index (χ4v) is 3.32. The minimum absolute atomic E-state index is 0.0317. The van der Waals surface area contributed by atoms with Gasteiger partial charge < -0.3 is 4.42 Å². The first-order chi connectivity index (χ1) is 15.1. The van der Waals surface area contributed by atoms with E-state index in [4.69, 9.17) is 4.42 Å². The van der Waals surface area contributed by atoms with E-state index in [0.29, 0.717) is 5.69 Å². The summed E-state index contributed by atoms with van der Waals surface area (Å²) >= 11 is 0. The molecular formula is C20H15F4N5O3. The molecule has 0 aliphatic carbocycles. The maximum atomic E-state index is 13.7. The van der Waals surface area contributed by atoms with Crippen molar-refractivity contribution in [2.45, 2.75) is 32.4 Å². The Morgan fingerprint density at radius 3 is 2.41 bits per heavy atom. The molecule has 3 heterocycles. The average Bonchev–Trinajstić information content (AvgIpc) is 3.30. The second kappa shape index (κ2) is 7.70. The molecule has 166 valence electrons. The highest BCUT2D eigenvalue weighted by atomic mass is 19.3. The second-order valence-corrected chi connectivity index (χ2v) is 7.45. The number of hydrogen-bond donors (Lipinski definition) is 0. The second-order valence-electron chi connectivity index (χ2n) is 7.45. The minimum atomic E-state index is -2.91. The third kappa shape index (κ3) is 3.57. The van der Waals surface area contributed by atoms with Gasteiger partial charge in [0.2, 0.25) is 5.89 Å². The highest BCUT2D eigenvalue weighted by molar-refractivity contribution is 6.16. The zero-order valence-electron chi connectivity index (χ0n) is 16.7. The van der Waals surface area contributed by atoms with Crippen molar-refractivity contribution in [2.24, 2.45) is 0 Å². The number of nitrogens with zero attached hydrogens (tertiary/aromatic N) is 5. The summed E-state index contributed by atoms with van der Waals surface area (Å²) in [6, 6.07) is 5.13. The molecule has 12 heteroatoms. The SMILES string of the molecule is CC1(C)C(=O)N(Cc2ccc(-c3nnc(C(F)F)o3)cn2)C(=O)N1c1ccc(F)c(F)c1. The van der Waals surface area contributed by atoms with Crippen LogP contribution in [0, 0.1) is 11.6 Å². The van der Waals surface area contributed by atoms with Crippen LogP contribution in [0.3, 0.4) is 0 Å². The fraction of sp³-hybridized carbons (Fsp3) is 0.250. The number of aromatic nitrogens is 3. The average molecular weight is 449 g/mol. The fourth-order valence-electron chi connectivity index (χ4n) is 3.32. The van der Waals surface area contributed by atoms with E-state index in [0.717, 1.165) is 21.9 Å². The molecule has 0 saturated carbocycles. The Bertz CT molecular complexity index is 1200. The predicted molar refractivity (Wildman–Crippen MR) is 101 cm³/mol. The molecule has 1 saturated heterocycles. The number of amides is 3. The summed E-state index contributed by atoms with van der Waals surface area (Å²) < 4.78 is 57.0. The number of carbonyl (C=O) groups excluding carboxylic acids is 2. The lowest BCUT2D eigenvalue weighted by Crippen LogP contribution is -2.44. The van der Waals surface area contributed by atoms with Crippen LogP contribution in [0.4, 0.5) is 28.0 Å². The number of carbonyl (C=O) groups is 2. The Kier molecular flexibility index (Phi) is 5.15. The van der Waals surface area contributed by atoms with Crippen molar-refractivity contribution in [3.8, 4) is 11.5 Å². The van der Waals surface area contributed by atoms with Gasteiger partial charge in [-0.25, -0.2) is 13.6 Å². The van der Waals surface area contributed by atoms with Crippen molar-refractivity contribution in [1.82, 2.24) is 20.1 Å². The van der Waals surface area contributed by atoms with E-state index in [1.807, 2.05) is 0 Å². The number of urea groups is 1. The lowest BCUT2D eigenvalue weighted by atomic mass is 10.0. The van der Waals surface area contributed by atoms with Crippen molar-refractivity contribution >= 4 is 17.6 Å². The van der Waals surface area contributed by atoms with Crippen LogP contribution in [0.2, 0.25) is 0 Å². The number of halogens is 4. The van der Waals surface area contributed by atoms with Crippen molar-refractivity contribution in [2.75, 3.05) is 4.90 Å². The summed E-state index contributed by atoms with van der Waals surface area (Å²) in [5.41, 5.74) is -0.733. The quantitative estimate of drug-likeness (QED) is 0.430. The molecule has 0 atom stereocenters. The van der Waals surface area contributed by atoms with Crippen molar-refractivity contribution < 1.29 is 31.6 Å². The minimum Gasteiger partial charge on any atom is -0.415 e. The summed E-state index contributed by atoms with van der Waals surface area (Å²) in [4.78, 5) is 32.0. The standard InChI is InChI=1S/C20H15F4N5O3/c1-20(2)18(30)28(19(31)29(20)12-5-6-13(21)14(22)7-12)9-11-4-3-10(8-25-11)16-26-27-17(32-16)15(23)24/h3-8,15H,9H2,1-2H3. The van der Waals surface area contributed by atoms with Gasteiger partial charge in [-0.15, -0.1) is 10.2 Å². The molecule has 0 spiro atoms. The molecule has 0 bridgehead atoms. The normalized spacial score (nSPS) is 15.8. The Morgan fingerprint density at radius 2 is 1.81 bits per heavy atom. The highest BCUT2D eigenvalue weighted by Gasteiger charge is 2.52. The number of imide groups is 1. The molecule has 3 amide bonds. The van der Waals surface area contributed by atoms with E-state index in [9.17, 15) is 27.2 Å². The summed E-state index contributed by atoms with van der Waals surface area (Å²) in [5, 5.41) is 6.76. The molecule has 4 rings (SSSR count). The molecule has 1 aliphatic heterocycles. The molecule has 0 N–H and O–H groups in total. The molecule has 8 nitrogen and oxygen atoms in total. The number of rotatable bonds is 5. The first kappa shape index (κ1) is 21.4. The van der Waals surface area contributed by atoms with Gasteiger partial charge in [-0.1, -0.05) is 0 Å². The van der Waals surface area contributed by atoms with Gasteiger partial charge in [-0.2, -0.15) is 8.78 Å². The monoisotopic (exact) mass is 449 g/mol. The van der Waals surface area contributed by atoms with Crippen LogP contribution in [0.1, 0.15) is 31.9 Å². The first-order valence-electron chi connectivity index (χ1n) is 9.27. The van der Waals surface area contributed by atoms with E-state index in [2.05, 4.69) is 15.2 Å². The number of benzene rings is 1. The smallest absolute Gasteiger partial charge is 0.332 e. The topological polar surface area (TPSA) is 92.4 Å². The van der Waals surface area contributed by atoms with E-state index in [1.165, 1.54) is 38.2 Å². The third-order valence-corrected chi connectivity index (χ3v) is 4.93. The zero-order chi connectivity index (χ0) is 23.2. The Balaban J connectivity index is 1.56. The lowest BCUT2D eigenvalue weighted by molar-refractivity contribution is -0.130. The molecule has 32 heavy (non-hydrogen) atoms. The number of pyridine rings is 1. The van der Waals surface area contributed by atoms with Gasteiger partial charge in [-0.05, 0) is 38.1 Å². The summed E-state index contributed by atoms with van der Waals surface area (Å²) in [6.07, 6.45) is -1.63. The molecule has 2 aromatic heterocycles. The molecular weight excluding hydrogens is 434 g/mol. The highest BCUT2D eigenvalue weighted by Crippen LogP contribution is 2.34. The van der Waals surface area contributed by atoms with Crippen LogP contribution in [0.15, 0.2) is 40.9 Å². The van der Waals surface area contributed by atoms with Gasteiger partial charge in [-0.3, -0.25) is 19.6 Å². The van der Waals surface area contributed by atoms with Crippen molar-refractivity contribution in [1.29, 1.82) is 0 Å². The van der Waals surface area contributed by atoms with E-state index < -0.39 is 41.4 Å². The summed E-state index contributed by atoms with van der Waals surface area (Å²) in [5.74, 6) is -3.76. The van der Waals surface area contributed by atoms with Gasteiger partial charge in [0, 0.05) is 18.0 Å². The zero-order valence-corrected chi connectivity index (χ0v) is 16.7. The first-order valence-corrected chi connectivity index (χ1v) is 9.27. The predicted octanol–water partition coefficient (Wildman–Crippen LogP) is 4.09. The van der Waals surface area contributed by atoms with Crippen LogP contribution in [0.5, 0.6) is 0 Å². The molecule has 3 aromatic rings. The van der Waals surface area contributed by atoms with Gasteiger partial charge in [0.25, 0.3) is 11.8 Å². The number of anilines is 1. The third-order valence-electron chi connectivity index (χ3n) is 4.93. The Labute approximate surface area is 178 Å². The van der Waals surface area contributed by atoms with Gasteiger partial charge in [0.15, 0.2) is 11.6 Å². The van der Waals surface area contributed by atoms with Crippen LogP contribution in [-0.4, -0.2) is 37.6 Å². The Hall–Kier alpha value is -3.83. The lowest BCUT2D eigenvalue weighted by Gasteiger charge is -2.27. The van der Waals surface area contributed by atoms with E-state index in [1.54, 1.807) is 0 Å². The number of hydrogen-bond acceptors (Lipinski definition) is 6. The van der Waals surface area contributed by atoms with Gasteiger partial charge >= 0.3 is 12.5 Å². The van der Waals surface area contributed by atoms with Crippen molar-refractivity contribution in [3.63, 3.8) is 0 Å². The van der Waals surface area contributed by atoms with Gasteiger partial charge in [0.1, 0.15) is 5.54 Å². The van der Waals surface area contributed by atoms with Crippen LogP contribution in [0.25, 0.3) is 11.5 Å². The van der Waals surface area contributed by atoms with E-state index >= 15 is 0 Å². The number of alkyl halides is 2. The summed E-state index contributed by atoms with van der Waals surface area (Å²) in [7, 11) is 0. The molecule has 1 aliphatic rings. The van der Waals surface area contributed by atoms with Crippen LogP contribution in [-0.2, 0) is 11.3 Å². The maximum Gasteiger partial charge on any atom is 0.332 e. The van der Waals surface area contributed by atoms with E-state index in [-0.39, 0.29) is 23.7 Å². The molecule has 1 aromatic carbocycles.